The third-order valence-electron chi connectivity index (χ3n) is 4.21. The second kappa shape index (κ2) is 7.34. The summed E-state index contributed by atoms with van der Waals surface area (Å²) in [6.45, 7) is 1.95. The number of aryl methyl sites for hydroxylation is 1. The van der Waals surface area contributed by atoms with Crippen molar-refractivity contribution in [3.05, 3.63) is 53.3 Å². The Kier molecular flexibility index (Phi) is 4.97. The highest BCUT2D eigenvalue weighted by atomic mass is 16.5. The number of methoxy groups -OCH3 is 2. The van der Waals surface area contributed by atoms with E-state index in [0.29, 0.717) is 11.5 Å². The molecule has 1 N–H and O–H groups in total. The number of carbonyl (C=O) groups excluding carboxylic acids is 1. The average molecular weight is 339 g/mol. The second-order valence-electron chi connectivity index (χ2n) is 6.00. The standard InChI is InChI=1S/C19H21N3O3/c1-12-5-4-6-16(21-12)14-10-15(14)19(23)22-20-11-13-7-8-17(24-2)18(9-13)25-3/h4-9,11,14-15H,10H2,1-3H3,(H,22,23)/t14?,15-/m0/s1. The molecule has 3 rings (SSSR count). The molecule has 0 radical (unpaired) electrons. The van der Waals surface area contributed by atoms with Crippen LogP contribution < -0.4 is 14.9 Å². The first-order valence-corrected chi connectivity index (χ1v) is 8.11. The van der Waals surface area contributed by atoms with Crippen LogP contribution in [-0.4, -0.2) is 31.3 Å². The summed E-state index contributed by atoms with van der Waals surface area (Å²) in [5, 5.41) is 4.04. The minimum absolute atomic E-state index is 0.0585. The molecule has 1 aliphatic carbocycles. The van der Waals surface area contributed by atoms with Gasteiger partial charge in [-0.2, -0.15) is 5.10 Å². The van der Waals surface area contributed by atoms with Gasteiger partial charge < -0.3 is 9.47 Å². The van der Waals surface area contributed by atoms with E-state index in [0.717, 1.165) is 23.4 Å². The van der Waals surface area contributed by atoms with Gasteiger partial charge in [0.05, 0.1) is 20.4 Å². The van der Waals surface area contributed by atoms with Crippen molar-refractivity contribution in [2.24, 2.45) is 11.0 Å². The summed E-state index contributed by atoms with van der Waals surface area (Å²) in [5.74, 6) is 1.32. The fourth-order valence-electron chi connectivity index (χ4n) is 2.77. The van der Waals surface area contributed by atoms with Crippen LogP contribution in [0.3, 0.4) is 0 Å². The topological polar surface area (TPSA) is 72.8 Å². The van der Waals surface area contributed by atoms with Gasteiger partial charge in [0, 0.05) is 23.2 Å². The fraction of sp³-hybridized carbons (Fsp3) is 0.316. The van der Waals surface area contributed by atoms with Crippen molar-refractivity contribution in [2.45, 2.75) is 19.3 Å². The summed E-state index contributed by atoms with van der Waals surface area (Å²) in [5.41, 5.74) is 5.36. The molecule has 0 spiro atoms. The Hall–Kier alpha value is -2.89. The number of nitrogens with one attached hydrogen (secondary N) is 1. The van der Waals surface area contributed by atoms with Gasteiger partial charge in [-0.1, -0.05) is 6.07 Å². The maximum absolute atomic E-state index is 12.2. The molecule has 2 aromatic rings. The van der Waals surface area contributed by atoms with Crippen molar-refractivity contribution in [2.75, 3.05) is 14.2 Å². The molecular formula is C19H21N3O3. The Morgan fingerprint density at radius 3 is 2.76 bits per heavy atom. The molecule has 1 saturated carbocycles. The van der Waals surface area contributed by atoms with E-state index >= 15 is 0 Å². The van der Waals surface area contributed by atoms with Crippen molar-refractivity contribution in [3.63, 3.8) is 0 Å². The summed E-state index contributed by atoms with van der Waals surface area (Å²) in [7, 11) is 3.16. The van der Waals surface area contributed by atoms with Gasteiger partial charge in [0.25, 0.3) is 0 Å². The Morgan fingerprint density at radius 1 is 1.24 bits per heavy atom. The van der Waals surface area contributed by atoms with Crippen LogP contribution in [0.4, 0.5) is 0 Å². The number of hydrogen-bond acceptors (Lipinski definition) is 5. The number of hydrogen-bond donors (Lipinski definition) is 1. The highest BCUT2D eigenvalue weighted by Crippen LogP contribution is 2.46. The lowest BCUT2D eigenvalue weighted by Gasteiger charge is -2.07. The first-order chi connectivity index (χ1) is 12.1. The van der Waals surface area contributed by atoms with Crippen LogP contribution in [0.1, 0.15) is 29.3 Å². The zero-order chi connectivity index (χ0) is 17.8. The first-order valence-electron chi connectivity index (χ1n) is 8.11. The normalized spacial score (nSPS) is 18.8. The lowest BCUT2D eigenvalue weighted by Crippen LogP contribution is -2.20. The van der Waals surface area contributed by atoms with Crippen LogP contribution in [0.25, 0.3) is 0 Å². The number of pyridine rings is 1. The molecule has 6 nitrogen and oxygen atoms in total. The number of ether oxygens (including phenoxy) is 2. The van der Waals surface area contributed by atoms with Crippen molar-refractivity contribution < 1.29 is 14.3 Å². The molecule has 0 bridgehead atoms. The Bertz CT molecular complexity index is 804. The van der Waals surface area contributed by atoms with Crippen LogP contribution in [-0.2, 0) is 4.79 Å². The average Bonchev–Trinajstić information content (AvgIpc) is 3.42. The summed E-state index contributed by atoms with van der Waals surface area (Å²) < 4.78 is 10.4. The molecule has 0 saturated heterocycles. The van der Waals surface area contributed by atoms with Gasteiger partial charge in [-0.25, -0.2) is 5.43 Å². The van der Waals surface area contributed by atoms with E-state index < -0.39 is 0 Å². The van der Waals surface area contributed by atoms with Crippen LogP contribution in [0, 0.1) is 12.8 Å². The van der Waals surface area contributed by atoms with Gasteiger partial charge in [-0.3, -0.25) is 9.78 Å². The third kappa shape index (κ3) is 3.96. The summed E-state index contributed by atoms with van der Waals surface area (Å²) in [4.78, 5) is 16.7. The molecule has 1 aromatic heterocycles. The van der Waals surface area contributed by atoms with E-state index in [1.165, 1.54) is 0 Å². The van der Waals surface area contributed by atoms with E-state index in [4.69, 9.17) is 9.47 Å². The molecule has 1 aliphatic rings. The zero-order valence-electron chi connectivity index (χ0n) is 14.5. The SMILES string of the molecule is COc1ccc(C=NNC(=O)[C@H]2CC2c2cccc(C)n2)cc1OC. The molecular weight excluding hydrogens is 318 g/mol. The maximum atomic E-state index is 12.2. The van der Waals surface area contributed by atoms with Crippen molar-refractivity contribution in [1.29, 1.82) is 0 Å². The van der Waals surface area contributed by atoms with E-state index in [2.05, 4.69) is 15.5 Å². The number of nitrogens with zero attached hydrogens (tertiary/aromatic N) is 2. The highest BCUT2D eigenvalue weighted by Gasteiger charge is 2.44. The third-order valence-corrected chi connectivity index (χ3v) is 4.21. The van der Waals surface area contributed by atoms with Gasteiger partial charge in [0.15, 0.2) is 11.5 Å². The van der Waals surface area contributed by atoms with Crippen molar-refractivity contribution in [1.82, 2.24) is 10.4 Å². The molecule has 1 fully saturated rings. The number of amides is 1. The molecule has 25 heavy (non-hydrogen) atoms. The minimum atomic E-state index is -0.0787. The van der Waals surface area contributed by atoms with Crippen LogP contribution in [0.2, 0.25) is 0 Å². The molecule has 1 unspecified atom stereocenters. The van der Waals surface area contributed by atoms with Gasteiger partial charge >= 0.3 is 0 Å². The number of carbonyl (C=O) groups is 1. The van der Waals surface area contributed by atoms with E-state index in [-0.39, 0.29) is 17.7 Å². The molecule has 1 aromatic carbocycles. The van der Waals surface area contributed by atoms with E-state index in [1.807, 2.05) is 31.2 Å². The van der Waals surface area contributed by atoms with Crippen molar-refractivity contribution in [3.8, 4) is 11.5 Å². The quantitative estimate of drug-likeness (QED) is 0.649. The van der Waals surface area contributed by atoms with Crippen LogP contribution >= 0.6 is 0 Å². The number of benzene rings is 1. The summed E-state index contributed by atoms with van der Waals surface area (Å²) in [6.07, 6.45) is 2.40. The second-order valence-corrected chi connectivity index (χ2v) is 6.00. The lowest BCUT2D eigenvalue weighted by atomic mass is 10.2. The Balaban J connectivity index is 1.57. The monoisotopic (exact) mass is 339 g/mol. The largest absolute Gasteiger partial charge is 0.493 e. The zero-order valence-corrected chi connectivity index (χ0v) is 14.5. The van der Waals surface area contributed by atoms with Crippen LogP contribution in [0.15, 0.2) is 41.5 Å². The fourth-order valence-corrected chi connectivity index (χ4v) is 2.77. The lowest BCUT2D eigenvalue weighted by molar-refractivity contribution is -0.122. The van der Waals surface area contributed by atoms with E-state index in [9.17, 15) is 4.79 Å². The molecule has 2 atom stereocenters. The molecule has 0 aliphatic heterocycles. The number of aromatic nitrogens is 1. The van der Waals surface area contributed by atoms with Crippen LogP contribution in [0.5, 0.6) is 11.5 Å². The summed E-state index contributed by atoms with van der Waals surface area (Å²) in [6, 6.07) is 11.3. The molecule has 1 heterocycles. The molecule has 1 amide bonds. The van der Waals surface area contributed by atoms with E-state index in [1.54, 1.807) is 32.6 Å². The van der Waals surface area contributed by atoms with Gasteiger partial charge in [0.1, 0.15) is 0 Å². The highest BCUT2D eigenvalue weighted by molar-refractivity contribution is 5.85. The van der Waals surface area contributed by atoms with Gasteiger partial charge in [-0.05, 0) is 49.2 Å². The molecule has 6 heteroatoms. The number of hydrazone groups is 1. The predicted molar refractivity (Wildman–Crippen MR) is 95.1 cm³/mol. The Labute approximate surface area is 146 Å². The minimum Gasteiger partial charge on any atom is -0.493 e. The smallest absolute Gasteiger partial charge is 0.243 e. The van der Waals surface area contributed by atoms with Gasteiger partial charge in [-0.15, -0.1) is 0 Å². The molecule has 130 valence electrons. The van der Waals surface area contributed by atoms with Crippen molar-refractivity contribution >= 4 is 12.1 Å². The number of rotatable bonds is 6. The maximum Gasteiger partial charge on any atom is 0.243 e. The predicted octanol–water partition coefficient (Wildman–Crippen LogP) is 2.66. The van der Waals surface area contributed by atoms with Gasteiger partial charge in [0.2, 0.25) is 5.91 Å². The summed E-state index contributed by atoms with van der Waals surface area (Å²) >= 11 is 0. The first kappa shape index (κ1) is 17.0. The Morgan fingerprint density at radius 2 is 2.04 bits per heavy atom.